The molecule has 0 spiro atoms. The van der Waals surface area contributed by atoms with Gasteiger partial charge in [-0.2, -0.15) is 0 Å². The van der Waals surface area contributed by atoms with Crippen molar-refractivity contribution in [1.29, 1.82) is 0 Å². The first kappa shape index (κ1) is 18.8. The molecule has 0 saturated carbocycles. The zero-order chi connectivity index (χ0) is 19.5. The lowest BCUT2D eigenvalue weighted by atomic mass is 10.2. The molecule has 1 atom stereocenters. The van der Waals surface area contributed by atoms with E-state index in [1.807, 2.05) is 42.5 Å². The Morgan fingerprint density at radius 2 is 1.79 bits per heavy atom. The normalized spacial score (nSPS) is 16.2. The number of para-hydroxylation sites is 1. The van der Waals surface area contributed by atoms with E-state index in [1.165, 1.54) is 4.90 Å². The van der Waals surface area contributed by atoms with Gasteiger partial charge in [-0.3, -0.25) is 0 Å². The largest absolute Gasteiger partial charge is 0.497 e. The molecule has 0 aliphatic carbocycles. The second-order valence-electron chi connectivity index (χ2n) is 6.99. The summed E-state index contributed by atoms with van der Waals surface area (Å²) >= 11 is 6.34. The second-order valence-corrected chi connectivity index (χ2v) is 7.40. The Balaban J connectivity index is 1.41. The topological polar surface area (TPSA) is 55.8 Å². The molecule has 28 heavy (non-hydrogen) atoms. The molecule has 2 heterocycles. The van der Waals surface area contributed by atoms with Crippen LogP contribution in [0.2, 0.25) is 5.02 Å². The fourth-order valence-corrected chi connectivity index (χ4v) is 3.87. The smallest absolute Gasteiger partial charge is 0.274 e. The summed E-state index contributed by atoms with van der Waals surface area (Å²) in [7, 11) is 1.65. The number of rotatable bonds is 5. The number of methoxy groups -OCH3 is 1. The average molecular weight is 400 g/mol. The van der Waals surface area contributed by atoms with Crippen molar-refractivity contribution in [3.63, 3.8) is 0 Å². The Labute approximate surface area is 169 Å². The van der Waals surface area contributed by atoms with Gasteiger partial charge in [-0.15, -0.1) is 10.2 Å². The molecule has 1 aliphatic heterocycles. The fraction of sp³-hybridized carbons (Fsp3) is 0.333. The maximum absolute atomic E-state index is 6.34. The van der Waals surface area contributed by atoms with Crippen LogP contribution in [0.4, 0.5) is 5.69 Å². The molecule has 2 aromatic carbocycles. The van der Waals surface area contributed by atoms with Crippen molar-refractivity contribution in [3.8, 4) is 17.2 Å². The van der Waals surface area contributed by atoms with Crippen LogP contribution in [0, 0.1) is 0 Å². The van der Waals surface area contributed by atoms with Crippen molar-refractivity contribution in [2.45, 2.75) is 13.0 Å². The fourth-order valence-electron chi connectivity index (χ4n) is 3.61. The van der Waals surface area contributed by atoms with Crippen LogP contribution in [-0.2, 0) is 0 Å². The number of aromatic nitrogens is 2. The molecule has 146 valence electrons. The van der Waals surface area contributed by atoms with Gasteiger partial charge >= 0.3 is 0 Å². The van der Waals surface area contributed by atoms with E-state index in [2.05, 4.69) is 28.1 Å². The number of ether oxygens (including phenoxy) is 1. The number of hydrogen-bond acceptors (Lipinski definition) is 5. The number of anilines is 1. The van der Waals surface area contributed by atoms with Gasteiger partial charge in [-0.05, 0) is 43.3 Å². The molecule has 1 fully saturated rings. The molecule has 1 aromatic heterocycles. The Kier molecular flexibility index (Phi) is 5.50. The molecule has 0 radical (unpaired) electrons. The highest BCUT2D eigenvalue weighted by molar-refractivity contribution is 6.33. The number of quaternary nitrogens is 1. The Bertz CT molecular complexity index is 920. The lowest BCUT2D eigenvalue weighted by Gasteiger charge is -2.35. The molecule has 4 rings (SSSR count). The number of nitrogens with zero attached hydrogens (tertiary/aromatic N) is 3. The highest BCUT2D eigenvalue weighted by Crippen LogP contribution is 2.25. The van der Waals surface area contributed by atoms with Crippen LogP contribution in [0.3, 0.4) is 0 Å². The number of nitrogens with one attached hydrogen (secondary N) is 1. The Morgan fingerprint density at radius 3 is 2.46 bits per heavy atom. The van der Waals surface area contributed by atoms with Crippen molar-refractivity contribution in [2.75, 3.05) is 38.2 Å². The molecule has 0 bridgehead atoms. The third-order valence-electron chi connectivity index (χ3n) is 5.36. The molecule has 1 N–H and O–H groups in total. The zero-order valence-corrected chi connectivity index (χ0v) is 16.8. The van der Waals surface area contributed by atoms with E-state index < -0.39 is 0 Å². The SMILES string of the molecule is COc1ccc(-c2nnc([C@@H](C)[NH+]3CCN(c4ccccc4Cl)CC3)o2)cc1. The summed E-state index contributed by atoms with van der Waals surface area (Å²) in [6.45, 7) is 6.02. The highest BCUT2D eigenvalue weighted by atomic mass is 35.5. The quantitative estimate of drug-likeness (QED) is 0.715. The van der Waals surface area contributed by atoms with Gasteiger partial charge < -0.3 is 19.0 Å². The van der Waals surface area contributed by atoms with Gasteiger partial charge in [0.25, 0.3) is 5.89 Å². The molecule has 6 nitrogen and oxygen atoms in total. The third-order valence-corrected chi connectivity index (χ3v) is 5.68. The van der Waals surface area contributed by atoms with Gasteiger partial charge in [-0.25, -0.2) is 0 Å². The maximum atomic E-state index is 6.34. The van der Waals surface area contributed by atoms with Crippen molar-refractivity contribution in [2.24, 2.45) is 0 Å². The minimum atomic E-state index is 0.146. The maximum Gasteiger partial charge on any atom is 0.274 e. The van der Waals surface area contributed by atoms with Crippen molar-refractivity contribution in [3.05, 3.63) is 59.4 Å². The van der Waals surface area contributed by atoms with Crippen LogP contribution in [0.1, 0.15) is 18.9 Å². The van der Waals surface area contributed by atoms with E-state index in [4.69, 9.17) is 20.8 Å². The highest BCUT2D eigenvalue weighted by Gasteiger charge is 2.29. The zero-order valence-electron chi connectivity index (χ0n) is 16.1. The minimum absolute atomic E-state index is 0.146. The Morgan fingerprint density at radius 1 is 1.07 bits per heavy atom. The van der Waals surface area contributed by atoms with E-state index in [0.29, 0.717) is 11.8 Å². The van der Waals surface area contributed by atoms with Crippen molar-refractivity contribution >= 4 is 17.3 Å². The standard InChI is InChI=1S/C21H23ClN4O2/c1-15(20-23-24-21(28-20)16-7-9-17(27-2)10-8-16)25-11-13-26(14-12-25)19-6-4-3-5-18(19)22/h3-10,15H,11-14H2,1-2H3/p+1/t15-/m1/s1. The van der Waals surface area contributed by atoms with Gasteiger partial charge in [0.05, 0.1) is 44.0 Å². The lowest BCUT2D eigenvalue weighted by Crippen LogP contribution is -3.14. The van der Waals surface area contributed by atoms with Gasteiger partial charge in [-0.1, -0.05) is 23.7 Å². The molecule has 7 heteroatoms. The van der Waals surface area contributed by atoms with Crippen LogP contribution in [0.5, 0.6) is 5.75 Å². The number of hydrogen-bond donors (Lipinski definition) is 1. The summed E-state index contributed by atoms with van der Waals surface area (Å²) in [6.07, 6.45) is 0. The second kappa shape index (κ2) is 8.20. The van der Waals surface area contributed by atoms with E-state index in [1.54, 1.807) is 7.11 Å². The molecule has 3 aromatic rings. The molecule has 1 saturated heterocycles. The summed E-state index contributed by atoms with van der Waals surface area (Å²) in [5, 5.41) is 9.34. The summed E-state index contributed by atoms with van der Waals surface area (Å²) in [5.74, 6) is 2.02. The summed E-state index contributed by atoms with van der Waals surface area (Å²) in [6, 6.07) is 15.8. The first-order valence-electron chi connectivity index (χ1n) is 9.47. The monoisotopic (exact) mass is 399 g/mol. The molecular formula is C21H24ClN4O2+. The van der Waals surface area contributed by atoms with Crippen LogP contribution in [0.25, 0.3) is 11.5 Å². The average Bonchev–Trinajstić information content (AvgIpc) is 3.24. The molecular weight excluding hydrogens is 376 g/mol. The summed E-state index contributed by atoms with van der Waals surface area (Å²) in [4.78, 5) is 3.78. The molecule has 0 unspecified atom stereocenters. The predicted octanol–water partition coefficient (Wildman–Crippen LogP) is 2.86. The predicted molar refractivity (Wildman–Crippen MR) is 109 cm³/mol. The van der Waals surface area contributed by atoms with Crippen molar-refractivity contribution < 1.29 is 14.1 Å². The molecule has 1 aliphatic rings. The van der Waals surface area contributed by atoms with Crippen LogP contribution in [-0.4, -0.2) is 43.5 Å². The first-order valence-corrected chi connectivity index (χ1v) is 9.85. The minimum Gasteiger partial charge on any atom is -0.497 e. The van der Waals surface area contributed by atoms with Crippen LogP contribution < -0.4 is 14.5 Å². The van der Waals surface area contributed by atoms with E-state index >= 15 is 0 Å². The number of halogens is 1. The first-order chi connectivity index (χ1) is 13.7. The third kappa shape index (κ3) is 3.84. The number of piperazine rings is 1. The van der Waals surface area contributed by atoms with Gasteiger partial charge in [0.1, 0.15) is 5.75 Å². The lowest BCUT2D eigenvalue weighted by molar-refractivity contribution is -0.931. The Hall–Kier alpha value is -2.57. The van der Waals surface area contributed by atoms with Crippen LogP contribution in [0.15, 0.2) is 52.9 Å². The van der Waals surface area contributed by atoms with Crippen molar-refractivity contribution in [1.82, 2.24) is 10.2 Å². The molecule has 0 amide bonds. The van der Waals surface area contributed by atoms with Gasteiger partial charge in [0.2, 0.25) is 5.89 Å². The number of benzene rings is 2. The van der Waals surface area contributed by atoms with E-state index in [9.17, 15) is 0 Å². The summed E-state index contributed by atoms with van der Waals surface area (Å²) < 4.78 is 11.2. The van der Waals surface area contributed by atoms with Crippen LogP contribution >= 0.6 is 11.6 Å². The van der Waals surface area contributed by atoms with E-state index in [-0.39, 0.29) is 6.04 Å². The summed E-state index contributed by atoms with van der Waals surface area (Å²) in [5.41, 5.74) is 2.00. The van der Waals surface area contributed by atoms with Gasteiger partial charge in [0, 0.05) is 5.56 Å². The van der Waals surface area contributed by atoms with E-state index in [0.717, 1.165) is 48.2 Å². The van der Waals surface area contributed by atoms with Gasteiger partial charge in [0.15, 0.2) is 6.04 Å².